The molecule has 2 unspecified atom stereocenters. The maximum absolute atomic E-state index is 12.0. The standard InChI is InChI=1S/C13H24N2O4S/c1-13(2,3)19-12(17)15-8-5-6-10(15)11(16)14-7-9-20(4)18/h10H,5-9H2,1-4H3,(H,14,16). The van der Waals surface area contributed by atoms with Gasteiger partial charge in [-0.3, -0.25) is 13.9 Å². The van der Waals surface area contributed by atoms with Gasteiger partial charge in [-0.15, -0.1) is 0 Å². The predicted molar refractivity (Wildman–Crippen MR) is 77.9 cm³/mol. The summed E-state index contributed by atoms with van der Waals surface area (Å²) in [6.45, 7) is 6.29. The third-order valence-corrected chi connectivity index (χ3v) is 3.65. The van der Waals surface area contributed by atoms with Crippen LogP contribution in [-0.4, -0.2) is 57.9 Å². The second-order valence-corrected chi connectivity index (χ2v) is 7.45. The van der Waals surface area contributed by atoms with Crippen molar-refractivity contribution in [3.8, 4) is 0 Å². The van der Waals surface area contributed by atoms with Crippen LogP contribution in [0.4, 0.5) is 4.79 Å². The summed E-state index contributed by atoms with van der Waals surface area (Å²) in [5.41, 5.74) is -0.570. The summed E-state index contributed by atoms with van der Waals surface area (Å²) < 4.78 is 16.3. The van der Waals surface area contributed by atoms with Gasteiger partial charge in [-0.05, 0) is 33.6 Å². The molecule has 0 aromatic carbocycles. The van der Waals surface area contributed by atoms with Crippen LogP contribution in [0, 0.1) is 0 Å². The Labute approximate surface area is 122 Å². The van der Waals surface area contributed by atoms with Crippen LogP contribution in [0.15, 0.2) is 0 Å². The highest BCUT2D eigenvalue weighted by Crippen LogP contribution is 2.20. The summed E-state index contributed by atoms with van der Waals surface area (Å²) in [6, 6.07) is -0.477. The number of likely N-dealkylation sites (tertiary alicyclic amines) is 1. The van der Waals surface area contributed by atoms with E-state index in [2.05, 4.69) is 5.32 Å². The van der Waals surface area contributed by atoms with E-state index >= 15 is 0 Å². The largest absolute Gasteiger partial charge is 0.444 e. The molecule has 1 N–H and O–H groups in total. The number of hydrogen-bond acceptors (Lipinski definition) is 4. The van der Waals surface area contributed by atoms with Gasteiger partial charge in [0, 0.05) is 35.9 Å². The molecule has 6 nitrogen and oxygen atoms in total. The van der Waals surface area contributed by atoms with Crippen molar-refractivity contribution in [3.05, 3.63) is 0 Å². The highest BCUT2D eigenvalue weighted by Gasteiger charge is 2.36. The van der Waals surface area contributed by atoms with Crippen molar-refractivity contribution in [3.63, 3.8) is 0 Å². The van der Waals surface area contributed by atoms with Gasteiger partial charge in [-0.1, -0.05) is 0 Å². The Bertz CT molecular complexity index is 392. The van der Waals surface area contributed by atoms with E-state index in [9.17, 15) is 13.8 Å². The Balaban J connectivity index is 2.53. The molecule has 2 amide bonds. The number of ether oxygens (including phenoxy) is 1. The minimum atomic E-state index is -0.934. The zero-order valence-corrected chi connectivity index (χ0v) is 13.4. The number of carbonyl (C=O) groups excluding carboxylic acids is 2. The molecule has 1 saturated heterocycles. The summed E-state index contributed by atoms with van der Waals surface area (Å²) in [6.07, 6.45) is 2.57. The maximum atomic E-state index is 12.0. The molecule has 1 aliphatic heterocycles. The number of rotatable bonds is 4. The molecular weight excluding hydrogens is 280 g/mol. The van der Waals surface area contributed by atoms with E-state index in [0.717, 1.165) is 6.42 Å². The van der Waals surface area contributed by atoms with Crippen molar-refractivity contribution in [1.82, 2.24) is 10.2 Å². The Morgan fingerprint density at radius 2 is 2.05 bits per heavy atom. The average molecular weight is 304 g/mol. The maximum Gasteiger partial charge on any atom is 0.410 e. The number of hydrogen-bond donors (Lipinski definition) is 1. The third-order valence-electron chi connectivity index (χ3n) is 2.87. The third kappa shape index (κ3) is 5.48. The minimum Gasteiger partial charge on any atom is -0.444 e. The summed E-state index contributed by atoms with van der Waals surface area (Å²) in [4.78, 5) is 25.6. The minimum absolute atomic E-state index is 0.196. The van der Waals surface area contributed by atoms with Crippen LogP contribution in [-0.2, 0) is 20.3 Å². The number of amides is 2. The van der Waals surface area contributed by atoms with E-state index in [-0.39, 0.29) is 5.91 Å². The lowest BCUT2D eigenvalue weighted by molar-refractivity contribution is -0.125. The van der Waals surface area contributed by atoms with Crippen molar-refractivity contribution in [2.45, 2.75) is 45.3 Å². The molecule has 0 bridgehead atoms. The fourth-order valence-electron chi connectivity index (χ4n) is 2.01. The zero-order chi connectivity index (χ0) is 15.3. The highest BCUT2D eigenvalue weighted by molar-refractivity contribution is 7.84. The van der Waals surface area contributed by atoms with Crippen LogP contribution in [0.3, 0.4) is 0 Å². The van der Waals surface area contributed by atoms with Gasteiger partial charge in [-0.2, -0.15) is 0 Å². The molecule has 0 saturated carbocycles. The molecule has 0 spiro atoms. The molecule has 20 heavy (non-hydrogen) atoms. The monoisotopic (exact) mass is 304 g/mol. The Kier molecular flexibility index (Phi) is 5.98. The molecule has 7 heteroatoms. The van der Waals surface area contributed by atoms with E-state index in [1.807, 2.05) is 0 Å². The first-order valence-corrected chi connectivity index (χ1v) is 8.51. The van der Waals surface area contributed by atoms with Gasteiger partial charge in [0.15, 0.2) is 0 Å². The lowest BCUT2D eigenvalue weighted by Crippen LogP contribution is -2.48. The second-order valence-electron chi connectivity index (χ2n) is 5.90. The smallest absolute Gasteiger partial charge is 0.410 e. The molecule has 0 radical (unpaired) electrons. The van der Waals surface area contributed by atoms with Crippen molar-refractivity contribution >= 4 is 22.8 Å². The van der Waals surface area contributed by atoms with E-state index in [1.54, 1.807) is 27.0 Å². The lowest BCUT2D eigenvalue weighted by atomic mass is 10.2. The Hall–Kier alpha value is -1.11. The zero-order valence-electron chi connectivity index (χ0n) is 12.6. The molecular formula is C13H24N2O4S. The first-order valence-electron chi connectivity index (χ1n) is 6.78. The van der Waals surface area contributed by atoms with Gasteiger partial charge in [0.05, 0.1) is 0 Å². The van der Waals surface area contributed by atoms with E-state index in [4.69, 9.17) is 4.74 Å². The molecule has 2 atom stereocenters. The number of carbonyl (C=O) groups is 2. The average Bonchev–Trinajstić information content (AvgIpc) is 2.74. The number of nitrogens with one attached hydrogen (secondary N) is 1. The predicted octanol–water partition coefficient (Wildman–Crippen LogP) is 0.881. The Morgan fingerprint density at radius 1 is 1.40 bits per heavy atom. The lowest BCUT2D eigenvalue weighted by Gasteiger charge is -2.28. The van der Waals surface area contributed by atoms with E-state index < -0.39 is 28.5 Å². The van der Waals surface area contributed by atoms with Gasteiger partial charge in [0.2, 0.25) is 5.91 Å². The molecule has 1 aliphatic rings. The first kappa shape index (κ1) is 16.9. The quantitative estimate of drug-likeness (QED) is 0.836. The fraction of sp³-hybridized carbons (Fsp3) is 0.846. The molecule has 116 valence electrons. The van der Waals surface area contributed by atoms with Crippen molar-refractivity contribution < 1.29 is 18.5 Å². The molecule has 0 aromatic rings. The van der Waals surface area contributed by atoms with Gasteiger partial charge in [0.25, 0.3) is 0 Å². The SMILES string of the molecule is CS(=O)CCNC(=O)C1CCCN1C(=O)OC(C)(C)C. The summed E-state index contributed by atoms with van der Waals surface area (Å²) in [7, 11) is -0.934. The highest BCUT2D eigenvalue weighted by atomic mass is 32.2. The second kappa shape index (κ2) is 7.06. The van der Waals surface area contributed by atoms with Gasteiger partial charge < -0.3 is 10.1 Å². The van der Waals surface area contributed by atoms with Crippen LogP contribution < -0.4 is 5.32 Å². The van der Waals surface area contributed by atoms with Crippen LogP contribution in [0.1, 0.15) is 33.6 Å². The molecule has 1 rings (SSSR count). The fourth-order valence-corrected chi connectivity index (χ4v) is 2.40. The summed E-state index contributed by atoms with van der Waals surface area (Å²) in [5, 5.41) is 2.72. The van der Waals surface area contributed by atoms with Crippen molar-refractivity contribution in [1.29, 1.82) is 0 Å². The van der Waals surface area contributed by atoms with Gasteiger partial charge in [0.1, 0.15) is 11.6 Å². The van der Waals surface area contributed by atoms with Crippen LogP contribution in [0.25, 0.3) is 0 Å². The van der Waals surface area contributed by atoms with Gasteiger partial charge in [-0.25, -0.2) is 4.79 Å². The van der Waals surface area contributed by atoms with E-state index in [1.165, 1.54) is 4.90 Å². The van der Waals surface area contributed by atoms with Crippen LogP contribution in [0.2, 0.25) is 0 Å². The summed E-state index contributed by atoms with van der Waals surface area (Å²) >= 11 is 0. The number of nitrogens with zero attached hydrogens (tertiary/aromatic N) is 1. The van der Waals surface area contributed by atoms with Crippen LogP contribution in [0.5, 0.6) is 0 Å². The topological polar surface area (TPSA) is 75.7 Å². The van der Waals surface area contributed by atoms with Crippen molar-refractivity contribution in [2.75, 3.05) is 25.1 Å². The molecule has 1 heterocycles. The van der Waals surface area contributed by atoms with Crippen molar-refractivity contribution in [2.24, 2.45) is 0 Å². The Morgan fingerprint density at radius 3 is 2.60 bits per heavy atom. The van der Waals surface area contributed by atoms with E-state index in [0.29, 0.717) is 25.3 Å². The van der Waals surface area contributed by atoms with Gasteiger partial charge >= 0.3 is 6.09 Å². The molecule has 0 aliphatic carbocycles. The normalized spacial score (nSPS) is 20.6. The first-order chi connectivity index (χ1) is 9.20. The van der Waals surface area contributed by atoms with Crippen LogP contribution >= 0.6 is 0 Å². The summed E-state index contributed by atoms with van der Waals surface area (Å²) in [5.74, 6) is 0.226. The molecule has 0 aromatic heterocycles. The molecule has 1 fully saturated rings.